The predicted octanol–water partition coefficient (Wildman–Crippen LogP) is 2.27. The van der Waals surface area contributed by atoms with Crippen molar-refractivity contribution in [2.45, 2.75) is 6.92 Å². The summed E-state index contributed by atoms with van der Waals surface area (Å²) < 4.78 is 4.67. The minimum Gasteiger partial charge on any atom is -0.465 e. The van der Waals surface area contributed by atoms with E-state index in [4.69, 9.17) is 5.73 Å². The standard InChI is InChI=1S/C13H14N2O2/c1-8(14)5-10-7-15-12-6-9(13(16)17-2)3-4-11(10)12/h3-7,15H,14H2,1-2H3/b8-5+. The second kappa shape index (κ2) is 4.33. The van der Waals surface area contributed by atoms with Gasteiger partial charge >= 0.3 is 5.97 Å². The minimum absolute atomic E-state index is 0.339. The molecule has 88 valence electrons. The average Bonchev–Trinajstić information content (AvgIpc) is 2.70. The van der Waals surface area contributed by atoms with Gasteiger partial charge in [-0.3, -0.25) is 0 Å². The molecule has 2 aromatic rings. The second-order valence-electron chi connectivity index (χ2n) is 3.88. The largest absolute Gasteiger partial charge is 0.465 e. The van der Waals surface area contributed by atoms with Crippen LogP contribution in [-0.2, 0) is 4.74 Å². The summed E-state index contributed by atoms with van der Waals surface area (Å²) in [5.74, 6) is -0.339. The number of benzene rings is 1. The Labute approximate surface area is 99.1 Å². The van der Waals surface area contributed by atoms with E-state index in [2.05, 4.69) is 9.72 Å². The number of aromatic amines is 1. The Kier molecular flexibility index (Phi) is 2.87. The molecule has 4 heteroatoms. The monoisotopic (exact) mass is 230 g/mol. The van der Waals surface area contributed by atoms with Crippen molar-refractivity contribution < 1.29 is 9.53 Å². The number of carbonyl (C=O) groups is 1. The Balaban J connectivity index is 2.52. The zero-order valence-corrected chi connectivity index (χ0v) is 9.78. The van der Waals surface area contributed by atoms with Crippen LogP contribution < -0.4 is 5.73 Å². The minimum atomic E-state index is -0.339. The normalized spacial score (nSPS) is 11.8. The van der Waals surface area contributed by atoms with E-state index in [9.17, 15) is 4.79 Å². The maximum absolute atomic E-state index is 11.4. The summed E-state index contributed by atoms with van der Waals surface area (Å²) in [5.41, 5.74) is 8.82. The van der Waals surface area contributed by atoms with Crippen molar-refractivity contribution in [3.8, 4) is 0 Å². The highest BCUT2D eigenvalue weighted by Crippen LogP contribution is 2.21. The molecule has 2 rings (SSSR count). The summed E-state index contributed by atoms with van der Waals surface area (Å²) in [6.07, 6.45) is 3.75. The number of nitrogens with one attached hydrogen (secondary N) is 1. The van der Waals surface area contributed by atoms with Crippen LogP contribution in [0, 0.1) is 0 Å². The van der Waals surface area contributed by atoms with Crippen molar-refractivity contribution in [1.82, 2.24) is 4.98 Å². The highest BCUT2D eigenvalue weighted by molar-refractivity contribution is 5.97. The van der Waals surface area contributed by atoms with Crippen LogP contribution >= 0.6 is 0 Å². The van der Waals surface area contributed by atoms with E-state index in [1.54, 1.807) is 12.1 Å². The molecule has 0 bridgehead atoms. The molecule has 4 nitrogen and oxygen atoms in total. The molecule has 0 saturated carbocycles. The number of ether oxygens (including phenoxy) is 1. The number of esters is 1. The first kappa shape index (κ1) is 11.3. The molecule has 17 heavy (non-hydrogen) atoms. The molecule has 1 aromatic carbocycles. The fourth-order valence-electron chi connectivity index (χ4n) is 1.76. The number of aromatic nitrogens is 1. The number of hydrogen-bond donors (Lipinski definition) is 2. The van der Waals surface area contributed by atoms with E-state index in [1.165, 1.54) is 7.11 Å². The van der Waals surface area contributed by atoms with Crippen molar-refractivity contribution in [3.63, 3.8) is 0 Å². The van der Waals surface area contributed by atoms with E-state index >= 15 is 0 Å². The highest BCUT2D eigenvalue weighted by atomic mass is 16.5. The van der Waals surface area contributed by atoms with E-state index in [-0.39, 0.29) is 5.97 Å². The number of fused-ring (bicyclic) bond motifs is 1. The third kappa shape index (κ3) is 2.15. The van der Waals surface area contributed by atoms with Crippen molar-refractivity contribution in [1.29, 1.82) is 0 Å². The summed E-state index contributed by atoms with van der Waals surface area (Å²) in [7, 11) is 1.37. The van der Waals surface area contributed by atoms with E-state index in [0.29, 0.717) is 5.56 Å². The summed E-state index contributed by atoms with van der Waals surface area (Å²) in [5, 5.41) is 1.03. The van der Waals surface area contributed by atoms with Gasteiger partial charge in [-0.15, -0.1) is 0 Å². The molecule has 0 atom stereocenters. The molecule has 0 aliphatic heterocycles. The number of methoxy groups -OCH3 is 1. The smallest absolute Gasteiger partial charge is 0.337 e. The molecule has 0 aliphatic carbocycles. The van der Waals surface area contributed by atoms with Crippen molar-refractivity contribution >= 4 is 22.9 Å². The lowest BCUT2D eigenvalue weighted by molar-refractivity contribution is 0.0601. The van der Waals surface area contributed by atoms with E-state index in [0.717, 1.165) is 22.2 Å². The third-order valence-electron chi connectivity index (χ3n) is 2.52. The molecule has 3 N–H and O–H groups in total. The van der Waals surface area contributed by atoms with Crippen LogP contribution in [0.2, 0.25) is 0 Å². The number of H-pyrrole nitrogens is 1. The van der Waals surface area contributed by atoms with Gasteiger partial charge in [-0.1, -0.05) is 6.07 Å². The molecule has 1 heterocycles. The second-order valence-corrected chi connectivity index (χ2v) is 3.88. The lowest BCUT2D eigenvalue weighted by Crippen LogP contribution is -2.00. The van der Waals surface area contributed by atoms with Gasteiger partial charge in [0, 0.05) is 28.4 Å². The Morgan fingerprint density at radius 3 is 2.88 bits per heavy atom. The van der Waals surface area contributed by atoms with E-state index < -0.39 is 0 Å². The molecule has 0 aliphatic rings. The number of hydrogen-bond acceptors (Lipinski definition) is 3. The van der Waals surface area contributed by atoms with Crippen LogP contribution in [0.25, 0.3) is 17.0 Å². The van der Waals surface area contributed by atoms with Crippen LogP contribution in [0.1, 0.15) is 22.8 Å². The molecule has 0 spiro atoms. The molecule has 0 fully saturated rings. The van der Waals surface area contributed by atoms with Crippen molar-refractivity contribution in [3.05, 3.63) is 41.2 Å². The first-order valence-corrected chi connectivity index (χ1v) is 5.25. The maximum atomic E-state index is 11.4. The van der Waals surface area contributed by atoms with Crippen LogP contribution in [-0.4, -0.2) is 18.1 Å². The fourth-order valence-corrected chi connectivity index (χ4v) is 1.76. The van der Waals surface area contributed by atoms with Crippen LogP contribution in [0.4, 0.5) is 0 Å². The number of carbonyl (C=O) groups excluding carboxylic acids is 1. The first-order chi connectivity index (χ1) is 8.11. The Hall–Kier alpha value is -2.23. The molecular weight excluding hydrogens is 216 g/mol. The molecule has 0 unspecified atom stereocenters. The molecule has 0 saturated heterocycles. The Morgan fingerprint density at radius 1 is 1.47 bits per heavy atom. The number of nitrogens with two attached hydrogens (primary N) is 1. The van der Waals surface area contributed by atoms with E-state index in [1.807, 2.05) is 25.3 Å². The average molecular weight is 230 g/mol. The van der Waals surface area contributed by atoms with Crippen LogP contribution in [0.3, 0.4) is 0 Å². The topological polar surface area (TPSA) is 68.1 Å². The lowest BCUT2D eigenvalue weighted by Gasteiger charge is -1.99. The van der Waals surface area contributed by atoms with Gasteiger partial charge in [-0.2, -0.15) is 0 Å². The summed E-state index contributed by atoms with van der Waals surface area (Å²) >= 11 is 0. The van der Waals surface area contributed by atoms with Gasteiger partial charge in [0.05, 0.1) is 12.7 Å². The van der Waals surface area contributed by atoms with Crippen LogP contribution in [0.5, 0.6) is 0 Å². The van der Waals surface area contributed by atoms with Gasteiger partial charge in [-0.25, -0.2) is 4.79 Å². The summed E-state index contributed by atoms with van der Waals surface area (Å²) in [4.78, 5) is 14.5. The first-order valence-electron chi connectivity index (χ1n) is 5.25. The van der Waals surface area contributed by atoms with Gasteiger partial charge in [0.1, 0.15) is 0 Å². The zero-order valence-electron chi connectivity index (χ0n) is 9.78. The summed E-state index contributed by atoms with van der Waals surface area (Å²) in [6.45, 7) is 1.83. The van der Waals surface area contributed by atoms with Crippen molar-refractivity contribution in [2.24, 2.45) is 5.73 Å². The van der Waals surface area contributed by atoms with Gasteiger partial charge in [0.15, 0.2) is 0 Å². The number of rotatable bonds is 2. The van der Waals surface area contributed by atoms with Gasteiger partial charge < -0.3 is 15.5 Å². The Bertz CT molecular complexity index is 592. The molecular formula is C13H14N2O2. The quantitative estimate of drug-likeness (QED) is 0.777. The molecule has 1 aromatic heterocycles. The predicted molar refractivity (Wildman–Crippen MR) is 67.5 cm³/mol. The zero-order chi connectivity index (χ0) is 12.4. The van der Waals surface area contributed by atoms with Gasteiger partial charge in [0.2, 0.25) is 0 Å². The molecule has 0 radical (unpaired) electrons. The Morgan fingerprint density at radius 2 is 2.24 bits per heavy atom. The highest BCUT2D eigenvalue weighted by Gasteiger charge is 2.08. The number of allylic oxidation sites excluding steroid dienone is 1. The van der Waals surface area contributed by atoms with Gasteiger partial charge in [-0.05, 0) is 25.1 Å². The fraction of sp³-hybridized carbons (Fsp3) is 0.154. The van der Waals surface area contributed by atoms with Crippen LogP contribution in [0.15, 0.2) is 30.1 Å². The SMILES string of the molecule is COC(=O)c1ccc2c(/C=C(\C)N)c[nH]c2c1. The lowest BCUT2D eigenvalue weighted by atomic mass is 10.1. The summed E-state index contributed by atoms with van der Waals surface area (Å²) in [6, 6.07) is 5.39. The maximum Gasteiger partial charge on any atom is 0.337 e. The third-order valence-corrected chi connectivity index (χ3v) is 2.52. The van der Waals surface area contributed by atoms with Gasteiger partial charge in [0.25, 0.3) is 0 Å². The van der Waals surface area contributed by atoms with Crippen molar-refractivity contribution in [2.75, 3.05) is 7.11 Å². The molecule has 0 amide bonds.